The van der Waals surface area contributed by atoms with Gasteiger partial charge < -0.3 is 14.3 Å². The number of amides is 1. The standard InChI is InChI=1S/C20H28N6O/c1-5-6-10-25(4)20(27)19-16(26-11-8-7-9-18(26)23-19)13-24(3)14-17-21-12-15(2)22-17/h7-9,11-12H,5-6,10,13-14H2,1-4H3,(H,21,22). The van der Waals surface area contributed by atoms with Gasteiger partial charge >= 0.3 is 0 Å². The van der Waals surface area contributed by atoms with Crippen molar-refractivity contribution in [2.45, 2.75) is 39.8 Å². The summed E-state index contributed by atoms with van der Waals surface area (Å²) in [5.74, 6) is 0.890. The minimum absolute atomic E-state index is 0.0237. The Kier molecular flexibility index (Phi) is 5.91. The Labute approximate surface area is 160 Å². The molecule has 0 aromatic carbocycles. The molecular weight excluding hydrogens is 340 g/mol. The number of hydrogen-bond acceptors (Lipinski definition) is 4. The molecule has 3 rings (SSSR count). The number of pyridine rings is 1. The van der Waals surface area contributed by atoms with Crippen LogP contribution >= 0.6 is 0 Å². The lowest BCUT2D eigenvalue weighted by Crippen LogP contribution is -2.30. The summed E-state index contributed by atoms with van der Waals surface area (Å²) < 4.78 is 2.00. The number of nitrogens with zero attached hydrogens (tertiary/aromatic N) is 5. The van der Waals surface area contributed by atoms with Crippen LogP contribution in [0.15, 0.2) is 30.6 Å². The predicted molar refractivity (Wildman–Crippen MR) is 106 cm³/mol. The first-order chi connectivity index (χ1) is 13.0. The average molecular weight is 368 g/mol. The number of carbonyl (C=O) groups excluding carboxylic acids is 1. The molecule has 0 saturated carbocycles. The lowest BCUT2D eigenvalue weighted by atomic mass is 10.2. The first kappa shape index (κ1) is 19.1. The van der Waals surface area contributed by atoms with Gasteiger partial charge in [-0.05, 0) is 32.5 Å². The van der Waals surface area contributed by atoms with Crippen molar-refractivity contribution < 1.29 is 4.79 Å². The van der Waals surface area contributed by atoms with Gasteiger partial charge in [0.1, 0.15) is 11.5 Å². The summed E-state index contributed by atoms with van der Waals surface area (Å²) in [5, 5.41) is 0. The Balaban J connectivity index is 1.87. The van der Waals surface area contributed by atoms with Crippen molar-refractivity contribution in [3.63, 3.8) is 0 Å². The summed E-state index contributed by atoms with van der Waals surface area (Å²) in [6.45, 7) is 6.13. The van der Waals surface area contributed by atoms with Gasteiger partial charge in [0.25, 0.3) is 5.91 Å². The Morgan fingerprint density at radius 3 is 2.78 bits per heavy atom. The molecule has 3 aromatic heterocycles. The molecule has 0 aliphatic carbocycles. The van der Waals surface area contributed by atoms with E-state index < -0.39 is 0 Å². The molecule has 144 valence electrons. The van der Waals surface area contributed by atoms with Crippen LogP contribution in [-0.4, -0.2) is 55.7 Å². The van der Waals surface area contributed by atoms with Gasteiger partial charge in [0.15, 0.2) is 5.69 Å². The van der Waals surface area contributed by atoms with Crippen LogP contribution in [-0.2, 0) is 13.1 Å². The summed E-state index contributed by atoms with van der Waals surface area (Å²) in [6.07, 6.45) is 5.84. The SMILES string of the molecule is CCCCN(C)C(=O)c1nc2ccccn2c1CN(C)Cc1ncc(C)[nH]1. The lowest BCUT2D eigenvalue weighted by molar-refractivity contribution is 0.0786. The van der Waals surface area contributed by atoms with Crippen molar-refractivity contribution in [2.24, 2.45) is 0 Å². The summed E-state index contributed by atoms with van der Waals surface area (Å²) >= 11 is 0. The average Bonchev–Trinajstić information content (AvgIpc) is 3.22. The molecule has 0 atom stereocenters. The molecule has 0 fully saturated rings. The van der Waals surface area contributed by atoms with Crippen LogP contribution in [0.2, 0.25) is 0 Å². The van der Waals surface area contributed by atoms with Crippen molar-refractivity contribution in [3.05, 3.63) is 53.5 Å². The highest BCUT2D eigenvalue weighted by Crippen LogP contribution is 2.17. The van der Waals surface area contributed by atoms with E-state index in [0.29, 0.717) is 18.8 Å². The second kappa shape index (κ2) is 8.35. The van der Waals surface area contributed by atoms with E-state index in [1.165, 1.54) is 0 Å². The number of carbonyl (C=O) groups is 1. The van der Waals surface area contributed by atoms with Gasteiger partial charge in [0.2, 0.25) is 0 Å². The Morgan fingerprint density at radius 1 is 1.26 bits per heavy atom. The third kappa shape index (κ3) is 4.36. The molecule has 7 nitrogen and oxygen atoms in total. The number of aromatic amines is 1. The van der Waals surface area contributed by atoms with E-state index in [-0.39, 0.29) is 5.91 Å². The molecule has 3 heterocycles. The smallest absolute Gasteiger partial charge is 0.274 e. The van der Waals surface area contributed by atoms with Crippen molar-refractivity contribution in [1.29, 1.82) is 0 Å². The maximum Gasteiger partial charge on any atom is 0.274 e. The summed E-state index contributed by atoms with van der Waals surface area (Å²) in [6, 6.07) is 5.84. The second-order valence-corrected chi connectivity index (χ2v) is 7.10. The number of imidazole rings is 2. The van der Waals surface area contributed by atoms with E-state index in [4.69, 9.17) is 0 Å². The fourth-order valence-electron chi connectivity index (χ4n) is 3.16. The van der Waals surface area contributed by atoms with Gasteiger partial charge in [-0.15, -0.1) is 0 Å². The molecule has 0 bridgehead atoms. The highest BCUT2D eigenvalue weighted by Gasteiger charge is 2.22. The highest BCUT2D eigenvalue weighted by atomic mass is 16.2. The number of nitrogens with one attached hydrogen (secondary N) is 1. The number of aryl methyl sites for hydroxylation is 1. The number of H-pyrrole nitrogens is 1. The third-order valence-corrected chi connectivity index (χ3v) is 4.62. The van der Waals surface area contributed by atoms with Crippen LogP contribution in [0.25, 0.3) is 5.65 Å². The normalized spacial score (nSPS) is 11.4. The molecule has 1 amide bonds. The van der Waals surface area contributed by atoms with Crippen molar-refractivity contribution in [3.8, 4) is 0 Å². The molecule has 0 aliphatic heterocycles. The van der Waals surface area contributed by atoms with Crippen molar-refractivity contribution in [2.75, 3.05) is 20.6 Å². The summed E-state index contributed by atoms with van der Waals surface area (Å²) in [5.41, 5.74) is 3.27. The quantitative estimate of drug-likeness (QED) is 0.664. The zero-order chi connectivity index (χ0) is 19.4. The molecule has 27 heavy (non-hydrogen) atoms. The maximum atomic E-state index is 13.0. The number of hydrogen-bond donors (Lipinski definition) is 1. The Bertz CT molecular complexity index is 912. The molecule has 1 N–H and O–H groups in total. The number of unbranched alkanes of at least 4 members (excludes halogenated alkanes) is 1. The Morgan fingerprint density at radius 2 is 2.07 bits per heavy atom. The summed E-state index contributed by atoms with van der Waals surface area (Å²) in [4.78, 5) is 29.2. The van der Waals surface area contributed by atoms with Gasteiger partial charge in [-0.3, -0.25) is 9.69 Å². The van der Waals surface area contributed by atoms with Gasteiger partial charge in [-0.2, -0.15) is 0 Å². The molecule has 3 aromatic rings. The van der Waals surface area contributed by atoms with E-state index in [0.717, 1.165) is 42.2 Å². The number of aromatic nitrogens is 4. The first-order valence-corrected chi connectivity index (χ1v) is 9.40. The zero-order valence-corrected chi connectivity index (χ0v) is 16.6. The zero-order valence-electron chi connectivity index (χ0n) is 16.6. The molecular formula is C20H28N6O. The Hall–Kier alpha value is -2.67. The van der Waals surface area contributed by atoms with E-state index in [2.05, 4.69) is 26.8 Å². The van der Waals surface area contributed by atoms with Crippen LogP contribution in [0, 0.1) is 6.92 Å². The second-order valence-electron chi connectivity index (χ2n) is 7.10. The minimum atomic E-state index is -0.0237. The van der Waals surface area contributed by atoms with Crippen molar-refractivity contribution in [1.82, 2.24) is 29.2 Å². The first-order valence-electron chi connectivity index (χ1n) is 9.40. The van der Waals surface area contributed by atoms with E-state index in [1.807, 2.05) is 56.0 Å². The number of fused-ring (bicyclic) bond motifs is 1. The molecule has 0 radical (unpaired) electrons. The molecule has 0 spiro atoms. The van der Waals surface area contributed by atoms with E-state index in [1.54, 1.807) is 4.90 Å². The fraction of sp³-hybridized carbons (Fsp3) is 0.450. The van der Waals surface area contributed by atoms with Crippen LogP contribution in [0.5, 0.6) is 0 Å². The monoisotopic (exact) mass is 368 g/mol. The largest absolute Gasteiger partial charge is 0.345 e. The van der Waals surface area contributed by atoms with Crippen LogP contribution < -0.4 is 0 Å². The highest BCUT2D eigenvalue weighted by molar-refractivity contribution is 5.94. The van der Waals surface area contributed by atoms with Crippen LogP contribution in [0.1, 0.15) is 47.5 Å². The van der Waals surface area contributed by atoms with Crippen LogP contribution in [0.4, 0.5) is 0 Å². The topological polar surface area (TPSA) is 69.5 Å². The predicted octanol–water partition coefficient (Wildman–Crippen LogP) is 2.87. The van der Waals surface area contributed by atoms with Gasteiger partial charge in [0, 0.05) is 38.2 Å². The van der Waals surface area contributed by atoms with Crippen LogP contribution in [0.3, 0.4) is 0 Å². The fourth-order valence-corrected chi connectivity index (χ4v) is 3.16. The van der Waals surface area contributed by atoms with Crippen molar-refractivity contribution >= 4 is 11.6 Å². The third-order valence-electron chi connectivity index (χ3n) is 4.62. The van der Waals surface area contributed by atoms with Gasteiger partial charge in [-0.1, -0.05) is 19.4 Å². The van der Waals surface area contributed by atoms with E-state index in [9.17, 15) is 4.79 Å². The number of rotatable bonds is 8. The lowest BCUT2D eigenvalue weighted by Gasteiger charge is -2.19. The summed E-state index contributed by atoms with van der Waals surface area (Å²) in [7, 11) is 3.87. The van der Waals surface area contributed by atoms with E-state index >= 15 is 0 Å². The molecule has 7 heteroatoms. The minimum Gasteiger partial charge on any atom is -0.345 e. The molecule has 0 aliphatic rings. The molecule has 0 unspecified atom stereocenters. The van der Waals surface area contributed by atoms with Gasteiger partial charge in [0.05, 0.1) is 12.2 Å². The maximum absolute atomic E-state index is 13.0. The van der Waals surface area contributed by atoms with Gasteiger partial charge in [-0.25, -0.2) is 9.97 Å². The molecule has 0 saturated heterocycles.